The molecule has 0 aromatic carbocycles. The molecule has 80 valence electrons. The fraction of sp³-hybridized carbons (Fsp3) is 0.308. The summed E-state index contributed by atoms with van der Waals surface area (Å²) in [6.45, 7) is 5.96. The molecule has 0 unspecified atom stereocenters. The standard InChI is InChI=1S/C13H16O2/c1-5-7-11(3)10-12(4)8-9-13(14)15-6-2/h1,7-10H,6H2,2-4H3/b9-8+,11-7+,12-10+. The van der Waals surface area contributed by atoms with E-state index >= 15 is 0 Å². The smallest absolute Gasteiger partial charge is 0.330 e. The van der Waals surface area contributed by atoms with Gasteiger partial charge in [0.15, 0.2) is 0 Å². The molecule has 0 radical (unpaired) electrons. The average molecular weight is 204 g/mol. The van der Waals surface area contributed by atoms with Crippen LogP contribution in [0.25, 0.3) is 0 Å². The minimum Gasteiger partial charge on any atom is -0.463 e. The van der Waals surface area contributed by atoms with E-state index in [1.165, 1.54) is 6.08 Å². The van der Waals surface area contributed by atoms with Gasteiger partial charge in [0.2, 0.25) is 0 Å². The number of ether oxygens (including phenoxy) is 1. The third-order valence-electron chi connectivity index (χ3n) is 1.54. The first kappa shape index (κ1) is 13.2. The van der Waals surface area contributed by atoms with Gasteiger partial charge in [-0.1, -0.05) is 23.6 Å². The van der Waals surface area contributed by atoms with E-state index in [4.69, 9.17) is 11.2 Å². The normalized spacial score (nSPS) is 12.7. The summed E-state index contributed by atoms with van der Waals surface area (Å²) in [6, 6.07) is 0. The van der Waals surface area contributed by atoms with Crippen LogP contribution in [0.15, 0.2) is 35.5 Å². The van der Waals surface area contributed by atoms with Crippen LogP contribution in [0.5, 0.6) is 0 Å². The second kappa shape index (κ2) is 7.64. The van der Waals surface area contributed by atoms with Crippen molar-refractivity contribution in [2.75, 3.05) is 6.61 Å². The lowest BCUT2D eigenvalue weighted by atomic mass is 10.2. The van der Waals surface area contributed by atoms with Crippen LogP contribution in [0.1, 0.15) is 20.8 Å². The quantitative estimate of drug-likeness (QED) is 0.304. The first-order chi connectivity index (χ1) is 7.10. The number of esters is 1. The number of terminal acetylenes is 1. The number of carbonyl (C=O) groups is 1. The van der Waals surface area contributed by atoms with E-state index in [0.29, 0.717) is 6.61 Å². The van der Waals surface area contributed by atoms with E-state index in [-0.39, 0.29) is 5.97 Å². The van der Waals surface area contributed by atoms with Crippen molar-refractivity contribution in [2.24, 2.45) is 0 Å². The van der Waals surface area contributed by atoms with Gasteiger partial charge in [0.05, 0.1) is 6.61 Å². The summed E-state index contributed by atoms with van der Waals surface area (Å²) < 4.78 is 4.74. The molecule has 2 nitrogen and oxygen atoms in total. The van der Waals surface area contributed by atoms with Crippen molar-refractivity contribution in [1.82, 2.24) is 0 Å². The van der Waals surface area contributed by atoms with E-state index in [2.05, 4.69) is 5.92 Å². The molecule has 0 aromatic heterocycles. The molecule has 0 aromatic rings. The van der Waals surface area contributed by atoms with Crippen LogP contribution >= 0.6 is 0 Å². The summed E-state index contributed by atoms with van der Waals surface area (Å²) in [5, 5.41) is 0. The highest BCUT2D eigenvalue weighted by Crippen LogP contribution is 2.02. The highest BCUT2D eigenvalue weighted by Gasteiger charge is 1.92. The topological polar surface area (TPSA) is 26.3 Å². The zero-order valence-corrected chi connectivity index (χ0v) is 9.41. The predicted octanol–water partition coefficient (Wildman–Crippen LogP) is 2.63. The highest BCUT2D eigenvalue weighted by atomic mass is 16.5. The number of hydrogen-bond acceptors (Lipinski definition) is 2. The molecule has 2 heteroatoms. The van der Waals surface area contributed by atoms with Crippen LogP contribution in [0, 0.1) is 12.3 Å². The van der Waals surface area contributed by atoms with Crippen LogP contribution in [-0.2, 0) is 9.53 Å². The second-order valence-electron chi connectivity index (χ2n) is 3.03. The molecule has 0 atom stereocenters. The van der Waals surface area contributed by atoms with Crippen molar-refractivity contribution in [3.05, 3.63) is 35.5 Å². The molecular formula is C13H16O2. The Morgan fingerprint density at radius 3 is 2.53 bits per heavy atom. The lowest BCUT2D eigenvalue weighted by molar-refractivity contribution is -0.137. The molecule has 0 aliphatic rings. The number of rotatable bonds is 4. The van der Waals surface area contributed by atoms with Crippen molar-refractivity contribution in [1.29, 1.82) is 0 Å². The van der Waals surface area contributed by atoms with Gasteiger partial charge in [-0.15, -0.1) is 6.42 Å². The zero-order valence-electron chi connectivity index (χ0n) is 9.41. The van der Waals surface area contributed by atoms with Gasteiger partial charge in [0.1, 0.15) is 0 Å². The summed E-state index contributed by atoms with van der Waals surface area (Å²) in [6.07, 6.45) is 11.8. The monoisotopic (exact) mass is 204 g/mol. The number of allylic oxidation sites excluding steroid dienone is 5. The Balaban J connectivity index is 4.37. The largest absolute Gasteiger partial charge is 0.463 e. The molecule has 0 fully saturated rings. The molecule has 0 heterocycles. The van der Waals surface area contributed by atoms with Crippen LogP contribution < -0.4 is 0 Å². The van der Waals surface area contributed by atoms with Crippen LogP contribution in [-0.4, -0.2) is 12.6 Å². The Bertz CT molecular complexity index is 338. The fourth-order valence-electron chi connectivity index (χ4n) is 0.970. The van der Waals surface area contributed by atoms with Crippen molar-refractivity contribution in [3.63, 3.8) is 0 Å². The van der Waals surface area contributed by atoms with Gasteiger partial charge in [0.25, 0.3) is 0 Å². The van der Waals surface area contributed by atoms with Gasteiger partial charge in [-0.05, 0) is 32.4 Å². The molecule has 0 rings (SSSR count). The van der Waals surface area contributed by atoms with E-state index in [9.17, 15) is 4.79 Å². The Morgan fingerprint density at radius 2 is 2.00 bits per heavy atom. The van der Waals surface area contributed by atoms with Gasteiger partial charge in [0, 0.05) is 6.08 Å². The highest BCUT2D eigenvalue weighted by molar-refractivity contribution is 5.82. The van der Waals surface area contributed by atoms with E-state index in [1.54, 1.807) is 19.1 Å². The van der Waals surface area contributed by atoms with Crippen LogP contribution in [0.3, 0.4) is 0 Å². The molecule has 0 saturated carbocycles. The SMILES string of the molecule is C#C/C=C(C)/C=C(C)/C=C/C(=O)OCC. The maximum absolute atomic E-state index is 11.0. The minimum absolute atomic E-state index is 0.330. The number of hydrogen-bond donors (Lipinski definition) is 0. The summed E-state index contributed by atoms with van der Waals surface area (Å²) in [7, 11) is 0. The lowest BCUT2D eigenvalue weighted by Crippen LogP contribution is -1.98. The maximum Gasteiger partial charge on any atom is 0.330 e. The van der Waals surface area contributed by atoms with Crippen molar-refractivity contribution in [3.8, 4) is 12.3 Å². The van der Waals surface area contributed by atoms with Crippen molar-refractivity contribution < 1.29 is 9.53 Å². The van der Waals surface area contributed by atoms with Gasteiger partial charge >= 0.3 is 5.97 Å². The van der Waals surface area contributed by atoms with Gasteiger partial charge in [-0.3, -0.25) is 0 Å². The second-order valence-corrected chi connectivity index (χ2v) is 3.03. The molecule has 0 bridgehead atoms. The van der Waals surface area contributed by atoms with Crippen molar-refractivity contribution >= 4 is 5.97 Å². The van der Waals surface area contributed by atoms with E-state index < -0.39 is 0 Å². The number of carbonyl (C=O) groups excluding carboxylic acids is 1. The van der Waals surface area contributed by atoms with E-state index in [0.717, 1.165) is 11.1 Å². The van der Waals surface area contributed by atoms with Gasteiger partial charge in [-0.25, -0.2) is 4.79 Å². The fourth-order valence-corrected chi connectivity index (χ4v) is 0.970. The molecule has 0 amide bonds. The predicted molar refractivity (Wildman–Crippen MR) is 62.1 cm³/mol. The maximum atomic E-state index is 11.0. The molecule has 15 heavy (non-hydrogen) atoms. The van der Waals surface area contributed by atoms with Crippen LogP contribution in [0.4, 0.5) is 0 Å². The molecule has 0 saturated heterocycles. The molecular weight excluding hydrogens is 188 g/mol. The van der Waals surface area contributed by atoms with Crippen LogP contribution in [0.2, 0.25) is 0 Å². The summed E-state index contributed by atoms with van der Waals surface area (Å²) in [5.74, 6) is 2.11. The third-order valence-corrected chi connectivity index (χ3v) is 1.54. The minimum atomic E-state index is -0.330. The Labute approximate surface area is 91.3 Å². The average Bonchev–Trinajstić information content (AvgIpc) is 2.15. The van der Waals surface area contributed by atoms with Gasteiger partial charge in [-0.2, -0.15) is 0 Å². The lowest BCUT2D eigenvalue weighted by Gasteiger charge is -1.95. The van der Waals surface area contributed by atoms with Crippen molar-refractivity contribution in [2.45, 2.75) is 20.8 Å². The van der Waals surface area contributed by atoms with E-state index in [1.807, 2.05) is 19.9 Å². The molecule has 0 aliphatic heterocycles. The third kappa shape index (κ3) is 7.33. The summed E-state index contributed by atoms with van der Waals surface area (Å²) >= 11 is 0. The Hall–Kier alpha value is -1.75. The summed E-state index contributed by atoms with van der Waals surface area (Å²) in [4.78, 5) is 11.0. The zero-order chi connectivity index (χ0) is 11.7. The summed E-state index contributed by atoms with van der Waals surface area (Å²) in [5.41, 5.74) is 1.93. The first-order valence-corrected chi connectivity index (χ1v) is 4.76. The Morgan fingerprint density at radius 1 is 1.33 bits per heavy atom. The molecule has 0 aliphatic carbocycles. The molecule has 0 spiro atoms. The molecule has 0 N–H and O–H groups in total. The Kier molecular flexibility index (Phi) is 6.74. The first-order valence-electron chi connectivity index (χ1n) is 4.76. The van der Waals surface area contributed by atoms with Gasteiger partial charge < -0.3 is 4.74 Å².